The van der Waals surface area contributed by atoms with Gasteiger partial charge in [0.1, 0.15) is 0 Å². The minimum Gasteiger partial charge on any atom is -0.492 e. The largest absolute Gasteiger partial charge is 0.492 e. The Balaban J connectivity index is 2.08. The van der Waals surface area contributed by atoms with Gasteiger partial charge in [-0.15, -0.1) is 0 Å². The summed E-state index contributed by atoms with van der Waals surface area (Å²) in [5.74, 6) is -2.69. The van der Waals surface area contributed by atoms with E-state index in [1.54, 1.807) is 0 Å². The van der Waals surface area contributed by atoms with Gasteiger partial charge in [-0.1, -0.05) is 12.1 Å². The minimum atomic E-state index is -4.85. The van der Waals surface area contributed by atoms with Gasteiger partial charge in [0, 0.05) is 12.0 Å². The molecule has 30 heavy (non-hydrogen) atoms. The number of oxazole rings is 1. The van der Waals surface area contributed by atoms with Gasteiger partial charge in [0.05, 0.1) is 22.2 Å². The molecule has 0 spiro atoms. The fraction of sp³-hybridized carbons (Fsp3) is 0.167. The maximum absolute atomic E-state index is 14.2. The molecule has 0 radical (unpaired) electrons. The average Bonchev–Trinajstić information content (AvgIpc) is 3.05. The quantitative estimate of drug-likeness (QED) is 0.511. The van der Waals surface area contributed by atoms with Crippen molar-refractivity contribution in [3.05, 3.63) is 63.8 Å². The van der Waals surface area contributed by atoms with E-state index >= 15 is 0 Å². The van der Waals surface area contributed by atoms with Gasteiger partial charge in [0.15, 0.2) is 17.3 Å². The first-order valence-corrected chi connectivity index (χ1v) is 10.5. The summed E-state index contributed by atoms with van der Waals surface area (Å²) < 4.78 is 86.4. The molecule has 1 aromatic heterocycles. The molecule has 12 heteroatoms. The highest BCUT2D eigenvalue weighted by atomic mass is 79.9. The number of alkyl halides is 3. The fourth-order valence-corrected chi connectivity index (χ4v) is 3.81. The number of hydrogen-bond acceptors (Lipinski definition) is 5. The summed E-state index contributed by atoms with van der Waals surface area (Å²) in [6.07, 6.45) is -4.99. The van der Waals surface area contributed by atoms with Crippen molar-refractivity contribution in [1.82, 2.24) is 4.98 Å². The van der Waals surface area contributed by atoms with Gasteiger partial charge < -0.3 is 9.15 Å². The smallest absolute Gasteiger partial charge is 0.468 e. The molecule has 2 aromatic carbocycles. The van der Waals surface area contributed by atoms with Crippen LogP contribution in [0.15, 0.2) is 50.2 Å². The standard InChI is InChI=1S/C18H13BrF4N2O4S/c1-28-16-12(19)7-10(8-13(16)20)15-14(25-17(29-15)18(21,22)23)6-9-2-4-11(5-3-9)30(24,26)27/h2-5,7-8H,6H2,1H3,(H2,24,26,27). The molecule has 0 atom stereocenters. The summed E-state index contributed by atoms with van der Waals surface area (Å²) in [4.78, 5) is 3.37. The maximum Gasteiger partial charge on any atom is 0.468 e. The summed E-state index contributed by atoms with van der Waals surface area (Å²) in [5.41, 5.74) is 0.347. The fourth-order valence-electron chi connectivity index (χ4n) is 2.69. The molecule has 6 nitrogen and oxygen atoms in total. The van der Waals surface area contributed by atoms with Crippen LogP contribution in [0.25, 0.3) is 11.3 Å². The molecule has 0 aliphatic carbocycles. The number of aromatic nitrogens is 1. The molecule has 0 bridgehead atoms. The van der Waals surface area contributed by atoms with Crippen molar-refractivity contribution >= 4 is 26.0 Å². The third kappa shape index (κ3) is 4.65. The van der Waals surface area contributed by atoms with Crippen LogP contribution in [-0.2, 0) is 22.6 Å². The molecule has 0 aliphatic rings. The Labute approximate surface area is 176 Å². The zero-order valence-corrected chi connectivity index (χ0v) is 17.5. The molecule has 160 valence electrons. The zero-order chi connectivity index (χ0) is 22.3. The summed E-state index contributed by atoms with van der Waals surface area (Å²) in [5, 5.41) is 5.03. The zero-order valence-electron chi connectivity index (χ0n) is 15.1. The Bertz CT molecular complexity index is 1170. The Morgan fingerprint density at radius 1 is 1.20 bits per heavy atom. The van der Waals surface area contributed by atoms with Crippen LogP contribution in [0, 0.1) is 5.82 Å². The van der Waals surface area contributed by atoms with Gasteiger partial charge in [-0.05, 0) is 45.8 Å². The first-order chi connectivity index (χ1) is 13.9. The maximum atomic E-state index is 14.2. The van der Waals surface area contributed by atoms with Gasteiger partial charge in [-0.2, -0.15) is 13.2 Å². The number of methoxy groups -OCH3 is 1. The summed E-state index contributed by atoms with van der Waals surface area (Å²) in [6.45, 7) is 0. The lowest BCUT2D eigenvalue weighted by molar-refractivity contribution is -0.156. The highest BCUT2D eigenvalue weighted by Gasteiger charge is 2.39. The summed E-state index contributed by atoms with van der Waals surface area (Å²) in [6, 6.07) is 7.53. The van der Waals surface area contributed by atoms with Crippen LogP contribution in [0.2, 0.25) is 0 Å². The van der Waals surface area contributed by atoms with Gasteiger partial charge in [0.2, 0.25) is 10.0 Å². The van der Waals surface area contributed by atoms with Crippen molar-refractivity contribution < 1.29 is 35.1 Å². The third-order valence-electron chi connectivity index (χ3n) is 4.03. The second-order valence-electron chi connectivity index (χ2n) is 6.13. The second kappa shape index (κ2) is 8.00. The predicted molar refractivity (Wildman–Crippen MR) is 102 cm³/mol. The van der Waals surface area contributed by atoms with Crippen LogP contribution in [-0.4, -0.2) is 20.5 Å². The van der Waals surface area contributed by atoms with E-state index in [1.807, 2.05) is 0 Å². The van der Waals surface area contributed by atoms with Crippen molar-refractivity contribution in [2.24, 2.45) is 5.14 Å². The number of nitrogens with zero attached hydrogens (tertiary/aromatic N) is 1. The van der Waals surface area contributed by atoms with E-state index in [-0.39, 0.29) is 38.6 Å². The molecule has 1 heterocycles. The molecule has 2 N–H and O–H groups in total. The SMILES string of the molecule is COc1c(F)cc(-c2oc(C(F)(F)F)nc2Cc2ccc(S(N)(=O)=O)cc2)cc1Br. The van der Waals surface area contributed by atoms with E-state index < -0.39 is 27.9 Å². The van der Waals surface area contributed by atoms with E-state index in [2.05, 4.69) is 20.9 Å². The Morgan fingerprint density at radius 3 is 2.33 bits per heavy atom. The van der Waals surface area contributed by atoms with Crippen molar-refractivity contribution in [3.8, 4) is 17.1 Å². The normalized spacial score (nSPS) is 12.2. The number of benzene rings is 2. The van der Waals surface area contributed by atoms with Gasteiger partial charge >= 0.3 is 12.1 Å². The average molecular weight is 509 g/mol. The van der Waals surface area contributed by atoms with Gasteiger partial charge in [0.25, 0.3) is 0 Å². The molecule has 0 amide bonds. The lowest BCUT2D eigenvalue weighted by Crippen LogP contribution is -2.11. The lowest BCUT2D eigenvalue weighted by Gasteiger charge is -2.08. The number of nitrogens with two attached hydrogens (primary N) is 1. The van der Waals surface area contributed by atoms with E-state index in [4.69, 9.17) is 14.3 Å². The van der Waals surface area contributed by atoms with Crippen LogP contribution >= 0.6 is 15.9 Å². The van der Waals surface area contributed by atoms with Crippen molar-refractivity contribution in [3.63, 3.8) is 0 Å². The molecule has 0 unspecified atom stereocenters. The summed E-state index contributed by atoms with van der Waals surface area (Å²) >= 11 is 3.10. The molecule has 0 saturated carbocycles. The van der Waals surface area contributed by atoms with Crippen molar-refractivity contribution in [1.29, 1.82) is 0 Å². The summed E-state index contributed by atoms with van der Waals surface area (Å²) in [7, 11) is -2.67. The van der Waals surface area contributed by atoms with Crippen LogP contribution in [0.1, 0.15) is 17.1 Å². The van der Waals surface area contributed by atoms with Gasteiger partial charge in [-0.3, -0.25) is 0 Å². The first kappa shape index (κ1) is 22.2. The van der Waals surface area contributed by atoms with E-state index in [0.29, 0.717) is 5.56 Å². The number of ether oxygens (including phenoxy) is 1. The second-order valence-corrected chi connectivity index (χ2v) is 8.55. The van der Waals surface area contributed by atoms with E-state index in [1.165, 1.54) is 37.4 Å². The van der Waals surface area contributed by atoms with Crippen LogP contribution in [0.4, 0.5) is 17.6 Å². The third-order valence-corrected chi connectivity index (χ3v) is 5.55. The van der Waals surface area contributed by atoms with Crippen molar-refractivity contribution in [2.45, 2.75) is 17.5 Å². The molecule has 0 fully saturated rings. The number of rotatable bonds is 5. The predicted octanol–water partition coefficient (Wildman–Crippen LogP) is 4.51. The number of sulfonamides is 1. The Kier molecular flexibility index (Phi) is 5.94. The van der Waals surface area contributed by atoms with Crippen LogP contribution < -0.4 is 9.88 Å². The number of halogens is 5. The molecule has 3 rings (SSSR count). The van der Waals surface area contributed by atoms with Gasteiger partial charge in [-0.25, -0.2) is 22.9 Å². The van der Waals surface area contributed by atoms with E-state index in [9.17, 15) is 26.0 Å². The highest BCUT2D eigenvalue weighted by Crippen LogP contribution is 2.38. The number of hydrogen-bond donors (Lipinski definition) is 1. The monoisotopic (exact) mass is 508 g/mol. The Morgan fingerprint density at radius 2 is 1.83 bits per heavy atom. The van der Waals surface area contributed by atoms with Crippen LogP contribution in [0.3, 0.4) is 0 Å². The molecule has 3 aromatic rings. The Hall–Kier alpha value is -2.44. The number of primary sulfonamides is 1. The molecule has 0 aliphatic heterocycles. The van der Waals surface area contributed by atoms with Crippen LogP contribution in [0.5, 0.6) is 5.75 Å². The van der Waals surface area contributed by atoms with E-state index in [0.717, 1.165) is 6.07 Å². The lowest BCUT2D eigenvalue weighted by atomic mass is 10.0. The first-order valence-electron chi connectivity index (χ1n) is 8.12. The molecular weight excluding hydrogens is 496 g/mol. The topological polar surface area (TPSA) is 95.4 Å². The molecular formula is C18H13BrF4N2O4S. The minimum absolute atomic E-state index is 0.0133. The highest BCUT2D eigenvalue weighted by molar-refractivity contribution is 9.10. The van der Waals surface area contributed by atoms with Crippen molar-refractivity contribution in [2.75, 3.05) is 7.11 Å². The molecule has 0 saturated heterocycles.